The zero-order valence-electron chi connectivity index (χ0n) is 21.1. The predicted octanol–water partition coefficient (Wildman–Crippen LogP) is 3.25. The number of fused-ring (bicyclic) bond motifs is 3. The Labute approximate surface area is 214 Å². The van der Waals surface area contributed by atoms with Gasteiger partial charge in [0.1, 0.15) is 12.4 Å². The maximum Gasteiger partial charge on any atom is 0.236 e. The van der Waals surface area contributed by atoms with E-state index in [2.05, 4.69) is 34.5 Å². The minimum absolute atomic E-state index is 0.0346. The number of nitrogens with zero attached hydrogens (tertiary/aromatic N) is 2. The number of rotatable bonds is 7. The van der Waals surface area contributed by atoms with Gasteiger partial charge in [-0.25, -0.2) is 0 Å². The number of hydrogen-bond acceptors (Lipinski definition) is 5. The highest BCUT2D eigenvalue weighted by Gasteiger charge is 2.32. The average molecular weight is 492 g/mol. The standard InChI is InChI=1S/C29H37N3O4/c1-35-17-14-30-28(33)18-24-13-15-32-21-25(24)11-7-16-36-27-12-6-5-10-26(27)20-31(22-29(32)34)19-23-8-3-2-4-9-23/h2-12,24-25H,13-22H2,1H3,(H,30,33)/b11-7-/t24-,25-/m0/s1. The number of carbonyl (C=O) groups excluding carboxylic acids is 2. The quantitative estimate of drug-likeness (QED) is 0.476. The molecule has 0 aliphatic carbocycles. The third-order valence-electron chi connectivity index (χ3n) is 6.93. The summed E-state index contributed by atoms with van der Waals surface area (Å²) in [6.07, 6.45) is 5.42. The molecule has 7 nitrogen and oxygen atoms in total. The van der Waals surface area contributed by atoms with Gasteiger partial charge in [0, 0.05) is 51.8 Å². The van der Waals surface area contributed by atoms with Crippen LogP contribution in [0.2, 0.25) is 0 Å². The molecule has 2 aliphatic rings. The first kappa shape index (κ1) is 25.9. The Hall–Kier alpha value is -3.16. The molecular formula is C29H37N3O4. The van der Waals surface area contributed by atoms with Crippen molar-refractivity contribution in [2.45, 2.75) is 25.9 Å². The summed E-state index contributed by atoms with van der Waals surface area (Å²) in [6, 6.07) is 18.3. The smallest absolute Gasteiger partial charge is 0.236 e. The largest absolute Gasteiger partial charge is 0.489 e. The lowest BCUT2D eigenvalue weighted by molar-refractivity contribution is -0.135. The summed E-state index contributed by atoms with van der Waals surface area (Å²) in [6.45, 7) is 4.40. The lowest BCUT2D eigenvalue weighted by Gasteiger charge is -2.38. The lowest BCUT2D eigenvalue weighted by atomic mass is 9.82. The highest BCUT2D eigenvalue weighted by Crippen LogP contribution is 2.29. The van der Waals surface area contributed by atoms with Gasteiger partial charge in [-0.2, -0.15) is 0 Å². The Morgan fingerprint density at radius 2 is 1.92 bits per heavy atom. The van der Waals surface area contributed by atoms with E-state index < -0.39 is 0 Å². The van der Waals surface area contributed by atoms with Crippen molar-refractivity contribution in [2.24, 2.45) is 11.8 Å². The van der Waals surface area contributed by atoms with Gasteiger partial charge in [-0.1, -0.05) is 60.7 Å². The predicted molar refractivity (Wildman–Crippen MR) is 139 cm³/mol. The first-order valence-corrected chi connectivity index (χ1v) is 12.8. The van der Waals surface area contributed by atoms with Crippen LogP contribution in [0.1, 0.15) is 24.0 Å². The molecule has 0 radical (unpaired) electrons. The van der Waals surface area contributed by atoms with E-state index in [0.717, 1.165) is 17.7 Å². The van der Waals surface area contributed by atoms with Crippen molar-refractivity contribution in [3.05, 3.63) is 77.9 Å². The van der Waals surface area contributed by atoms with Crippen LogP contribution < -0.4 is 10.1 Å². The van der Waals surface area contributed by atoms with Gasteiger partial charge in [0.15, 0.2) is 0 Å². The molecule has 36 heavy (non-hydrogen) atoms. The van der Waals surface area contributed by atoms with Gasteiger partial charge < -0.3 is 19.7 Å². The highest BCUT2D eigenvalue weighted by molar-refractivity contribution is 5.79. The van der Waals surface area contributed by atoms with Crippen LogP contribution >= 0.6 is 0 Å². The van der Waals surface area contributed by atoms with Crippen molar-refractivity contribution in [2.75, 3.05) is 46.5 Å². The summed E-state index contributed by atoms with van der Waals surface area (Å²) in [4.78, 5) is 30.1. The monoisotopic (exact) mass is 491 g/mol. The normalized spacial score (nSPS) is 21.8. The Morgan fingerprint density at radius 3 is 2.75 bits per heavy atom. The molecular weight excluding hydrogens is 454 g/mol. The Balaban J connectivity index is 1.52. The summed E-state index contributed by atoms with van der Waals surface area (Å²) in [7, 11) is 1.62. The molecule has 7 heteroatoms. The number of hydrogen-bond donors (Lipinski definition) is 1. The van der Waals surface area contributed by atoms with E-state index in [9.17, 15) is 9.59 Å². The van der Waals surface area contributed by atoms with Crippen molar-refractivity contribution < 1.29 is 19.1 Å². The van der Waals surface area contributed by atoms with Crippen molar-refractivity contribution >= 4 is 11.8 Å². The van der Waals surface area contributed by atoms with E-state index >= 15 is 0 Å². The third kappa shape index (κ3) is 7.42. The molecule has 2 aromatic rings. The SMILES string of the molecule is COCCNC(=O)C[C@@H]1CCN2C[C@@H]1/C=C\COc1ccccc1CN(Cc1ccccc1)CC2=O. The summed E-state index contributed by atoms with van der Waals surface area (Å²) < 4.78 is 11.2. The number of amides is 2. The number of carbonyl (C=O) groups is 2. The maximum atomic E-state index is 13.5. The molecule has 2 aliphatic heterocycles. The zero-order valence-corrected chi connectivity index (χ0v) is 21.1. The van der Waals surface area contributed by atoms with Crippen molar-refractivity contribution in [1.82, 2.24) is 15.1 Å². The minimum atomic E-state index is 0.0346. The van der Waals surface area contributed by atoms with Crippen LogP contribution in [-0.2, 0) is 27.4 Å². The van der Waals surface area contributed by atoms with Crippen molar-refractivity contribution in [3.8, 4) is 5.75 Å². The molecule has 2 aromatic carbocycles. The summed E-state index contributed by atoms with van der Waals surface area (Å²) in [5.41, 5.74) is 2.24. The zero-order chi connectivity index (χ0) is 25.2. The highest BCUT2D eigenvalue weighted by atomic mass is 16.5. The number of ether oxygens (including phenoxy) is 2. The second-order valence-electron chi connectivity index (χ2n) is 9.58. The molecule has 2 heterocycles. The van der Waals surface area contributed by atoms with Crippen LogP contribution in [-0.4, -0.2) is 68.1 Å². The van der Waals surface area contributed by atoms with Crippen LogP contribution in [0.15, 0.2) is 66.7 Å². The maximum absolute atomic E-state index is 13.5. The average Bonchev–Trinajstić information content (AvgIpc) is 2.89. The second kappa shape index (κ2) is 13.2. The van der Waals surface area contributed by atoms with E-state index in [1.807, 2.05) is 47.4 Å². The van der Waals surface area contributed by atoms with Crippen LogP contribution in [0.25, 0.3) is 0 Å². The van der Waals surface area contributed by atoms with Gasteiger partial charge in [-0.3, -0.25) is 14.5 Å². The molecule has 2 atom stereocenters. The van der Waals surface area contributed by atoms with Crippen molar-refractivity contribution in [1.29, 1.82) is 0 Å². The molecule has 4 rings (SSSR count). The number of nitrogens with one attached hydrogen (secondary N) is 1. The van der Waals surface area contributed by atoms with E-state index in [-0.39, 0.29) is 23.7 Å². The van der Waals surface area contributed by atoms with Gasteiger partial charge in [-0.15, -0.1) is 0 Å². The van der Waals surface area contributed by atoms with Gasteiger partial charge in [-0.05, 0) is 29.9 Å². The first-order chi connectivity index (χ1) is 17.6. The lowest BCUT2D eigenvalue weighted by Crippen LogP contribution is -2.47. The number of para-hydroxylation sites is 1. The molecule has 2 bridgehead atoms. The fraction of sp³-hybridized carbons (Fsp3) is 0.448. The Bertz CT molecular complexity index is 1030. The molecule has 1 N–H and O–H groups in total. The van der Waals surface area contributed by atoms with Gasteiger partial charge in [0.2, 0.25) is 11.8 Å². The molecule has 0 aromatic heterocycles. The molecule has 0 spiro atoms. The summed E-state index contributed by atoms with van der Waals surface area (Å²) >= 11 is 0. The Morgan fingerprint density at radius 1 is 1.11 bits per heavy atom. The third-order valence-corrected chi connectivity index (χ3v) is 6.93. The van der Waals surface area contributed by atoms with Crippen LogP contribution in [0, 0.1) is 11.8 Å². The van der Waals surface area contributed by atoms with Crippen LogP contribution in [0.3, 0.4) is 0 Å². The molecule has 1 saturated heterocycles. The number of piperidine rings is 1. The van der Waals surface area contributed by atoms with Gasteiger partial charge in [0.05, 0.1) is 13.2 Å². The van der Waals surface area contributed by atoms with E-state index in [1.165, 1.54) is 5.56 Å². The number of benzene rings is 2. The van der Waals surface area contributed by atoms with E-state index in [1.54, 1.807) is 7.11 Å². The van der Waals surface area contributed by atoms with E-state index in [4.69, 9.17) is 9.47 Å². The topological polar surface area (TPSA) is 71.1 Å². The summed E-state index contributed by atoms with van der Waals surface area (Å²) in [5, 5.41) is 2.93. The fourth-order valence-electron chi connectivity index (χ4n) is 5.02. The molecule has 0 unspecified atom stereocenters. The van der Waals surface area contributed by atoms with Gasteiger partial charge >= 0.3 is 0 Å². The van der Waals surface area contributed by atoms with Crippen LogP contribution in [0.4, 0.5) is 0 Å². The Kier molecular flexibility index (Phi) is 9.53. The minimum Gasteiger partial charge on any atom is -0.489 e. The van der Waals surface area contributed by atoms with Crippen molar-refractivity contribution in [3.63, 3.8) is 0 Å². The fourth-order valence-corrected chi connectivity index (χ4v) is 5.02. The van der Waals surface area contributed by atoms with Crippen LogP contribution in [0.5, 0.6) is 5.75 Å². The summed E-state index contributed by atoms with van der Waals surface area (Å²) in [5.74, 6) is 1.30. The molecule has 2 amide bonds. The van der Waals surface area contributed by atoms with Gasteiger partial charge in [0.25, 0.3) is 0 Å². The van der Waals surface area contributed by atoms with E-state index in [0.29, 0.717) is 58.9 Å². The first-order valence-electron chi connectivity index (χ1n) is 12.8. The number of methoxy groups -OCH3 is 1. The second-order valence-corrected chi connectivity index (χ2v) is 9.58. The molecule has 0 saturated carbocycles. The molecule has 1 fully saturated rings. The molecule has 192 valence electrons.